The van der Waals surface area contributed by atoms with Gasteiger partial charge in [0.2, 0.25) is 0 Å². The third-order valence-electron chi connectivity index (χ3n) is 3.05. The summed E-state index contributed by atoms with van der Waals surface area (Å²) >= 11 is 0. The molecule has 0 saturated heterocycles. The van der Waals surface area contributed by atoms with Crippen LogP contribution >= 0.6 is 0 Å². The van der Waals surface area contributed by atoms with Gasteiger partial charge in [0.25, 0.3) is 0 Å². The Hall–Kier alpha value is -1.82. The van der Waals surface area contributed by atoms with Crippen LogP contribution in [-0.2, 0) is 0 Å². The van der Waals surface area contributed by atoms with Gasteiger partial charge in [0.1, 0.15) is 0 Å². The zero-order chi connectivity index (χ0) is 12.1. The average Bonchev–Trinajstić information content (AvgIpc) is 2.40. The Morgan fingerprint density at radius 2 is 2.06 bits per heavy atom. The van der Waals surface area contributed by atoms with Crippen LogP contribution in [0, 0.1) is 11.3 Å². The molecule has 0 aliphatic carbocycles. The third-order valence-corrected chi connectivity index (χ3v) is 3.05. The summed E-state index contributed by atoms with van der Waals surface area (Å²) in [6.45, 7) is 3.07. The van der Waals surface area contributed by atoms with Gasteiger partial charge in [-0.2, -0.15) is 5.26 Å². The van der Waals surface area contributed by atoms with E-state index in [1.165, 1.54) is 18.4 Å². The lowest BCUT2D eigenvalue weighted by molar-refractivity contribution is 0.656. The molecule has 88 valence electrons. The van der Waals surface area contributed by atoms with Crippen molar-refractivity contribution in [1.29, 1.82) is 5.26 Å². The summed E-state index contributed by atoms with van der Waals surface area (Å²) in [6, 6.07) is 10.1. The highest BCUT2D eigenvalue weighted by Crippen LogP contribution is 2.15. The third kappa shape index (κ3) is 3.07. The van der Waals surface area contributed by atoms with Crippen LogP contribution in [-0.4, -0.2) is 12.4 Å². The van der Waals surface area contributed by atoms with Crippen LogP contribution in [0.25, 0.3) is 0 Å². The van der Waals surface area contributed by atoms with E-state index >= 15 is 0 Å². The quantitative estimate of drug-likeness (QED) is 0.844. The fourth-order valence-electron chi connectivity index (χ4n) is 1.99. The highest BCUT2D eigenvalue weighted by atomic mass is 15.0. The Labute approximate surface area is 102 Å². The molecule has 0 fully saturated rings. The van der Waals surface area contributed by atoms with Gasteiger partial charge in [-0.25, -0.2) is 0 Å². The topological polar surface area (TPSA) is 48.2 Å². The number of nitrogens with one attached hydrogen (secondary N) is 1. The molecule has 0 amide bonds. The largest absolute Gasteiger partial charge is 0.367 e. The van der Waals surface area contributed by atoms with Crippen LogP contribution in [0.3, 0.4) is 0 Å². The van der Waals surface area contributed by atoms with Crippen LogP contribution in [0.5, 0.6) is 0 Å². The second-order valence-corrected chi connectivity index (χ2v) is 4.39. The standard InChI is InChI=1S/C14H17N3/c1-11(17-14-4-2-3-9-16-14)13-7-5-12(10-15)6-8-13/h5-8,11H,2-4,9H2,1H3,(H,16,17). The number of rotatable bonds is 2. The van der Waals surface area contributed by atoms with E-state index in [1.54, 1.807) is 0 Å². The number of aliphatic imine (C=N–C) groups is 1. The molecule has 1 N–H and O–H groups in total. The predicted molar refractivity (Wildman–Crippen MR) is 68.9 cm³/mol. The van der Waals surface area contributed by atoms with Crippen molar-refractivity contribution in [2.75, 3.05) is 6.54 Å². The molecule has 1 heterocycles. The molecule has 1 aromatic carbocycles. The Kier molecular flexibility index (Phi) is 3.77. The molecule has 0 spiro atoms. The lowest BCUT2D eigenvalue weighted by atomic mass is 10.1. The Bertz CT molecular complexity index is 440. The minimum Gasteiger partial charge on any atom is -0.367 e. The minimum absolute atomic E-state index is 0.250. The normalized spacial score (nSPS) is 16.8. The summed E-state index contributed by atoms with van der Waals surface area (Å²) in [5.74, 6) is 1.12. The van der Waals surface area contributed by atoms with Gasteiger partial charge >= 0.3 is 0 Å². The highest BCUT2D eigenvalue weighted by Gasteiger charge is 2.10. The number of nitriles is 1. The Balaban J connectivity index is 2.01. The maximum atomic E-state index is 8.74. The van der Waals surface area contributed by atoms with E-state index in [9.17, 15) is 0 Å². The van der Waals surface area contributed by atoms with Gasteiger partial charge in [-0.1, -0.05) is 12.1 Å². The Morgan fingerprint density at radius 1 is 1.29 bits per heavy atom. The second-order valence-electron chi connectivity index (χ2n) is 4.39. The van der Waals surface area contributed by atoms with Gasteiger partial charge in [0.15, 0.2) is 0 Å². The fraction of sp³-hybridized carbons (Fsp3) is 0.429. The molecular formula is C14H17N3. The predicted octanol–water partition coefficient (Wildman–Crippen LogP) is 2.79. The summed E-state index contributed by atoms with van der Waals surface area (Å²) in [7, 11) is 0. The molecule has 0 bridgehead atoms. The number of nitrogens with zero attached hydrogens (tertiary/aromatic N) is 2. The maximum Gasteiger partial charge on any atom is 0.0991 e. The van der Waals surface area contributed by atoms with Crippen molar-refractivity contribution in [1.82, 2.24) is 5.32 Å². The first-order chi connectivity index (χ1) is 8.29. The summed E-state index contributed by atoms with van der Waals surface area (Å²) in [4.78, 5) is 4.48. The van der Waals surface area contributed by atoms with Crippen molar-refractivity contribution < 1.29 is 0 Å². The van der Waals surface area contributed by atoms with Gasteiger partial charge in [0, 0.05) is 19.0 Å². The zero-order valence-electron chi connectivity index (χ0n) is 10.1. The summed E-state index contributed by atoms with van der Waals surface area (Å²) < 4.78 is 0. The fourth-order valence-corrected chi connectivity index (χ4v) is 1.99. The number of hydrogen-bond acceptors (Lipinski definition) is 3. The zero-order valence-corrected chi connectivity index (χ0v) is 10.1. The smallest absolute Gasteiger partial charge is 0.0991 e. The van der Waals surface area contributed by atoms with Gasteiger partial charge in [-0.3, -0.25) is 4.99 Å². The van der Waals surface area contributed by atoms with Crippen LogP contribution in [0.1, 0.15) is 43.4 Å². The van der Waals surface area contributed by atoms with Crippen LogP contribution < -0.4 is 5.32 Å². The number of amidine groups is 1. The summed E-state index contributed by atoms with van der Waals surface area (Å²) in [6.07, 6.45) is 3.49. The number of hydrogen-bond donors (Lipinski definition) is 1. The van der Waals surface area contributed by atoms with Crippen LogP contribution in [0.15, 0.2) is 29.3 Å². The SMILES string of the molecule is CC(NC1=NCCCC1)c1ccc(C#N)cc1. The van der Waals surface area contributed by atoms with E-state index < -0.39 is 0 Å². The first kappa shape index (κ1) is 11.7. The number of benzene rings is 1. The van der Waals surface area contributed by atoms with Gasteiger partial charge < -0.3 is 5.32 Å². The van der Waals surface area contributed by atoms with Crippen molar-refractivity contribution in [2.24, 2.45) is 4.99 Å². The molecule has 2 rings (SSSR count). The molecule has 1 aliphatic heterocycles. The molecule has 0 aromatic heterocycles. The first-order valence-corrected chi connectivity index (χ1v) is 6.09. The van der Waals surface area contributed by atoms with Crippen molar-refractivity contribution in [3.8, 4) is 6.07 Å². The summed E-state index contributed by atoms with van der Waals surface area (Å²) in [5.41, 5.74) is 1.90. The van der Waals surface area contributed by atoms with Gasteiger partial charge in [0.05, 0.1) is 17.5 Å². The average molecular weight is 227 g/mol. The van der Waals surface area contributed by atoms with E-state index in [0.29, 0.717) is 5.56 Å². The van der Waals surface area contributed by atoms with Crippen molar-refractivity contribution in [3.05, 3.63) is 35.4 Å². The maximum absolute atomic E-state index is 8.74. The van der Waals surface area contributed by atoms with Crippen molar-refractivity contribution in [3.63, 3.8) is 0 Å². The second kappa shape index (κ2) is 5.49. The molecule has 1 unspecified atom stereocenters. The molecule has 1 aromatic rings. The lowest BCUT2D eigenvalue weighted by Gasteiger charge is -2.19. The minimum atomic E-state index is 0.250. The van der Waals surface area contributed by atoms with Crippen LogP contribution in [0.4, 0.5) is 0 Å². The van der Waals surface area contributed by atoms with E-state index in [0.717, 1.165) is 18.8 Å². The van der Waals surface area contributed by atoms with Gasteiger partial charge in [-0.05, 0) is 37.5 Å². The molecule has 0 radical (unpaired) electrons. The van der Waals surface area contributed by atoms with E-state index in [4.69, 9.17) is 5.26 Å². The Morgan fingerprint density at radius 3 is 2.65 bits per heavy atom. The van der Waals surface area contributed by atoms with E-state index in [1.807, 2.05) is 24.3 Å². The highest BCUT2D eigenvalue weighted by molar-refractivity contribution is 5.83. The lowest BCUT2D eigenvalue weighted by Crippen LogP contribution is -2.28. The molecule has 0 saturated carbocycles. The van der Waals surface area contributed by atoms with Gasteiger partial charge in [-0.15, -0.1) is 0 Å². The molecule has 17 heavy (non-hydrogen) atoms. The summed E-state index contributed by atoms with van der Waals surface area (Å²) in [5, 5.41) is 12.2. The van der Waals surface area contributed by atoms with E-state index in [-0.39, 0.29) is 6.04 Å². The van der Waals surface area contributed by atoms with E-state index in [2.05, 4.69) is 23.3 Å². The first-order valence-electron chi connectivity index (χ1n) is 6.09. The van der Waals surface area contributed by atoms with Crippen molar-refractivity contribution in [2.45, 2.75) is 32.2 Å². The molecule has 1 atom stereocenters. The molecule has 1 aliphatic rings. The molecule has 3 heteroatoms. The molecule has 3 nitrogen and oxygen atoms in total. The molecular weight excluding hydrogens is 210 g/mol. The van der Waals surface area contributed by atoms with Crippen molar-refractivity contribution >= 4 is 5.84 Å². The van der Waals surface area contributed by atoms with Crippen LogP contribution in [0.2, 0.25) is 0 Å². The monoisotopic (exact) mass is 227 g/mol.